The third kappa shape index (κ3) is 2.93. The summed E-state index contributed by atoms with van der Waals surface area (Å²) in [5, 5.41) is 0. The number of hydrogen-bond acceptors (Lipinski definition) is 5. The zero-order valence-electron chi connectivity index (χ0n) is 11.6. The average Bonchev–Trinajstić information content (AvgIpc) is 3.02. The quantitative estimate of drug-likeness (QED) is 0.864. The molecule has 1 aliphatic heterocycles. The van der Waals surface area contributed by atoms with Gasteiger partial charge in [0.2, 0.25) is 0 Å². The van der Waals surface area contributed by atoms with E-state index in [2.05, 4.69) is 27.2 Å². The van der Waals surface area contributed by atoms with Gasteiger partial charge in [0, 0.05) is 42.9 Å². The minimum Gasteiger partial charge on any atom is -0.356 e. The Labute approximate surface area is 123 Å². The van der Waals surface area contributed by atoms with Crippen LogP contribution in [0.5, 0.6) is 0 Å². The number of anilines is 1. The lowest BCUT2D eigenvalue weighted by Gasteiger charge is -2.18. The van der Waals surface area contributed by atoms with Crippen molar-refractivity contribution in [2.45, 2.75) is 18.6 Å². The lowest BCUT2D eigenvalue weighted by atomic mass is 10.2. The smallest absolute Gasteiger partial charge is 0.161 e. The maximum absolute atomic E-state index is 4.75. The van der Waals surface area contributed by atoms with Crippen LogP contribution in [0.1, 0.15) is 18.5 Å². The normalized spacial score (nSPS) is 14.8. The Morgan fingerprint density at radius 3 is 2.60 bits per heavy atom. The number of rotatable bonds is 4. The molecule has 4 nitrogen and oxygen atoms in total. The van der Waals surface area contributed by atoms with Gasteiger partial charge in [-0.15, -0.1) is 0 Å². The summed E-state index contributed by atoms with van der Waals surface area (Å²) in [5.41, 5.74) is 2.13. The summed E-state index contributed by atoms with van der Waals surface area (Å²) in [4.78, 5) is 15.8. The minimum absolute atomic E-state index is 0.806. The number of aromatic nitrogens is 3. The summed E-state index contributed by atoms with van der Waals surface area (Å²) in [7, 11) is 0. The van der Waals surface area contributed by atoms with Gasteiger partial charge in [-0.1, -0.05) is 0 Å². The van der Waals surface area contributed by atoms with E-state index in [0.717, 1.165) is 41.7 Å². The Kier molecular flexibility index (Phi) is 4.16. The maximum atomic E-state index is 4.75. The lowest BCUT2D eigenvalue weighted by molar-refractivity contribution is 0.922. The largest absolute Gasteiger partial charge is 0.356 e. The van der Waals surface area contributed by atoms with E-state index in [9.17, 15) is 0 Å². The molecule has 0 bridgehead atoms. The van der Waals surface area contributed by atoms with Gasteiger partial charge in [-0.2, -0.15) is 11.8 Å². The van der Waals surface area contributed by atoms with E-state index < -0.39 is 0 Å². The van der Waals surface area contributed by atoms with Crippen molar-refractivity contribution in [2.24, 2.45) is 0 Å². The molecular weight excluding hydrogens is 268 g/mol. The molecule has 1 aliphatic rings. The first-order valence-electron chi connectivity index (χ1n) is 6.89. The second-order valence-corrected chi connectivity index (χ2v) is 5.77. The molecule has 20 heavy (non-hydrogen) atoms. The van der Waals surface area contributed by atoms with Gasteiger partial charge in [-0.05, 0) is 31.2 Å². The van der Waals surface area contributed by atoms with Crippen LogP contribution in [0.15, 0.2) is 30.6 Å². The predicted molar refractivity (Wildman–Crippen MR) is 83.9 cm³/mol. The molecule has 0 aliphatic carbocycles. The fourth-order valence-corrected chi connectivity index (χ4v) is 2.89. The molecule has 0 aromatic carbocycles. The highest BCUT2D eigenvalue weighted by atomic mass is 32.2. The third-order valence-corrected chi connectivity index (χ3v) is 4.01. The predicted octanol–water partition coefficient (Wildman–Crippen LogP) is 3.00. The summed E-state index contributed by atoms with van der Waals surface area (Å²) in [6.45, 7) is 2.21. The van der Waals surface area contributed by atoms with E-state index in [1.54, 1.807) is 24.2 Å². The van der Waals surface area contributed by atoms with Crippen LogP contribution in [0.2, 0.25) is 0 Å². The summed E-state index contributed by atoms with van der Waals surface area (Å²) in [6.07, 6.45) is 8.19. The Hall–Kier alpha value is -1.62. The maximum Gasteiger partial charge on any atom is 0.161 e. The van der Waals surface area contributed by atoms with Crippen LogP contribution in [0.3, 0.4) is 0 Å². The molecule has 2 aromatic heterocycles. The molecule has 3 heterocycles. The van der Waals surface area contributed by atoms with Crippen molar-refractivity contribution in [3.05, 3.63) is 36.3 Å². The second-order valence-electron chi connectivity index (χ2n) is 4.90. The fourth-order valence-electron chi connectivity index (χ4n) is 2.44. The molecule has 2 aromatic rings. The molecule has 1 saturated heterocycles. The van der Waals surface area contributed by atoms with Crippen molar-refractivity contribution < 1.29 is 0 Å². The topological polar surface area (TPSA) is 41.9 Å². The van der Waals surface area contributed by atoms with Crippen LogP contribution in [-0.2, 0) is 5.75 Å². The zero-order chi connectivity index (χ0) is 13.8. The molecule has 0 amide bonds. The van der Waals surface area contributed by atoms with Crippen molar-refractivity contribution in [1.29, 1.82) is 0 Å². The molecular formula is C15H18N4S. The van der Waals surface area contributed by atoms with E-state index in [-0.39, 0.29) is 0 Å². The van der Waals surface area contributed by atoms with Crippen molar-refractivity contribution in [3.8, 4) is 11.4 Å². The lowest BCUT2D eigenvalue weighted by Crippen LogP contribution is -2.19. The third-order valence-electron chi connectivity index (χ3n) is 3.43. The van der Waals surface area contributed by atoms with Crippen molar-refractivity contribution >= 4 is 17.6 Å². The Morgan fingerprint density at radius 1 is 1.15 bits per heavy atom. The Morgan fingerprint density at radius 2 is 1.90 bits per heavy atom. The van der Waals surface area contributed by atoms with Gasteiger partial charge in [0.25, 0.3) is 0 Å². The van der Waals surface area contributed by atoms with Gasteiger partial charge in [0.15, 0.2) is 5.82 Å². The van der Waals surface area contributed by atoms with Crippen LogP contribution in [0.25, 0.3) is 11.4 Å². The first-order valence-corrected chi connectivity index (χ1v) is 8.28. The summed E-state index contributed by atoms with van der Waals surface area (Å²) in [5.74, 6) is 2.79. The standard InChI is InChI=1S/C15H18N4S/c1-20-11-13-10-14(19-8-2-3-9-19)18-15(17-13)12-4-6-16-7-5-12/h4-7,10H,2-3,8-9,11H2,1H3. The minimum atomic E-state index is 0.806. The summed E-state index contributed by atoms with van der Waals surface area (Å²) in [6, 6.07) is 6.06. The van der Waals surface area contributed by atoms with Crippen LogP contribution < -0.4 is 4.90 Å². The van der Waals surface area contributed by atoms with Crippen molar-refractivity contribution in [2.75, 3.05) is 24.2 Å². The zero-order valence-corrected chi connectivity index (χ0v) is 12.4. The fraction of sp³-hybridized carbons (Fsp3) is 0.400. The first kappa shape index (κ1) is 13.4. The molecule has 0 spiro atoms. The second kappa shape index (κ2) is 6.22. The average molecular weight is 286 g/mol. The molecule has 0 atom stereocenters. The van der Waals surface area contributed by atoms with E-state index in [0.29, 0.717) is 0 Å². The summed E-state index contributed by atoms with van der Waals surface area (Å²) < 4.78 is 0. The molecule has 0 unspecified atom stereocenters. The number of thioether (sulfide) groups is 1. The molecule has 1 fully saturated rings. The highest BCUT2D eigenvalue weighted by molar-refractivity contribution is 7.97. The number of pyridine rings is 1. The van der Waals surface area contributed by atoms with Gasteiger partial charge in [0.05, 0.1) is 5.69 Å². The molecule has 104 valence electrons. The van der Waals surface area contributed by atoms with E-state index >= 15 is 0 Å². The summed E-state index contributed by atoms with van der Waals surface area (Å²) >= 11 is 1.79. The Balaban J connectivity index is 2.00. The van der Waals surface area contributed by atoms with Crippen molar-refractivity contribution in [1.82, 2.24) is 15.0 Å². The van der Waals surface area contributed by atoms with Gasteiger partial charge in [0.1, 0.15) is 5.82 Å². The highest BCUT2D eigenvalue weighted by Gasteiger charge is 2.16. The number of nitrogens with zero attached hydrogens (tertiary/aromatic N) is 4. The van der Waals surface area contributed by atoms with Crippen LogP contribution in [0, 0.1) is 0 Å². The molecule has 5 heteroatoms. The number of hydrogen-bond donors (Lipinski definition) is 0. The first-order chi connectivity index (χ1) is 9.86. The van der Waals surface area contributed by atoms with E-state index in [4.69, 9.17) is 4.98 Å². The Bertz CT molecular complexity index is 567. The van der Waals surface area contributed by atoms with Crippen LogP contribution >= 0.6 is 11.8 Å². The van der Waals surface area contributed by atoms with Gasteiger partial charge >= 0.3 is 0 Å². The molecule has 0 radical (unpaired) electrons. The monoisotopic (exact) mass is 286 g/mol. The van der Waals surface area contributed by atoms with Gasteiger partial charge in [-0.3, -0.25) is 4.98 Å². The van der Waals surface area contributed by atoms with Gasteiger partial charge in [-0.25, -0.2) is 9.97 Å². The molecule has 0 N–H and O–H groups in total. The highest BCUT2D eigenvalue weighted by Crippen LogP contribution is 2.24. The molecule has 0 saturated carbocycles. The van der Waals surface area contributed by atoms with Crippen LogP contribution in [-0.4, -0.2) is 34.3 Å². The van der Waals surface area contributed by atoms with Crippen molar-refractivity contribution in [3.63, 3.8) is 0 Å². The SMILES string of the molecule is CSCc1cc(N2CCCC2)nc(-c2ccncc2)n1. The van der Waals surface area contributed by atoms with Crippen LogP contribution in [0.4, 0.5) is 5.82 Å². The van der Waals surface area contributed by atoms with E-state index in [1.807, 2.05) is 12.1 Å². The van der Waals surface area contributed by atoms with Gasteiger partial charge < -0.3 is 4.90 Å². The van der Waals surface area contributed by atoms with E-state index in [1.165, 1.54) is 12.8 Å². The molecule has 3 rings (SSSR count).